The molecule has 1 aromatic carbocycles. The Morgan fingerprint density at radius 3 is 2.88 bits per heavy atom. The van der Waals surface area contributed by atoms with E-state index in [1.54, 1.807) is 17.0 Å². The number of hydrogen-bond donors (Lipinski definition) is 1. The summed E-state index contributed by atoms with van der Waals surface area (Å²) in [4.78, 5) is 16.7. The molecule has 2 aliphatic rings. The van der Waals surface area contributed by atoms with Crippen LogP contribution in [-0.4, -0.2) is 48.6 Å². The highest BCUT2D eigenvalue weighted by Gasteiger charge is 2.33. The zero-order valence-electron chi connectivity index (χ0n) is 14.8. The third kappa shape index (κ3) is 5.08. The highest BCUT2D eigenvalue weighted by atomic mass is 35.5. The zero-order valence-corrected chi connectivity index (χ0v) is 15.6. The van der Waals surface area contributed by atoms with Crippen molar-refractivity contribution in [3.8, 4) is 0 Å². The van der Waals surface area contributed by atoms with Gasteiger partial charge < -0.3 is 15.1 Å². The first kappa shape index (κ1) is 18.5. The number of hydrogen-bond acceptors (Lipinski definition) is 2. The maximum absolute atomic E-state index is 14.0. The van der Waals surface area contributed by atoms with Gasteiger partial charge in [0.05, 0.1) is 6.54 Å². The second-order valence-electron chi connectivity index (χ2n) is 7.35. The Morgan fingerprint density at radius 1 is 1.40 bits per heavy atom. The first-order valence-electron chi connectivity index (χ1n) is 9.20. The first-order valence-corrected chi connectivity index (χ1v) is 9.58. The quantitative estimate of drug-likeness (QED) is 0.828. The second-order valence-corrected chi connectivity index (χ2v) is 7.76. The summed E-state index contributed by atoms with van der Waals surface area (Å²) >= 11 is 6.12. The molecule has 1 aromatic rings. The van der Waals surface area contributed by atoms with E-state index < -0.39 is 0 Å². The Morgan fingerprint density at radius 2 is 2.20 bits per heavy atom. The number of rotatable bonds is 6. The van der Waals surface area contributed by atoms with E-state index in [9.17, 15) is 9.18 Å². The lowest BCUT2D eigenvalue weighted by atomic mass is 9.95. The van der Waals surface area contributed by atoms with Crippen LogP contribution in [0.2, 0.25) is 5.02 Å². The zero-order chi connectivity index (χ0) is 17.8. The van der Waals surface area contributed by atoms with Crippen LogP contribution in [0.25, 0.3) is 0 Å². The number of urea groups is 1. The summed E-state index contributed by atoms with van der Waals surface area (Å²) in [7, 11) is 2.15. The van der Waals surface area contributed by atoms with Gasteiger partial charge in [-0.05, 0) is 63.7 Å². The molecule has 2 amide bonds. The molecule has 1 saturated carbocycles. The number of halogens is 2. The Bertz CT molecular complexity index is 588. The van der Waals surface area contributed by atoms with Gasteiger partial charge in [0, 0.05) is 29.7 Å². The molecule has 0 unspecified atom stereocenters. The minimum Gasteiger partial charge on any atom is -0.338 e. The monoisotopic (exact) mass is 367 g/mol. The molecule has 0 radical (unpaired) electrons. The van der Waals surface area contributed by atoms with Crippen molar-refractivity contribution in [2.75, 3.05) is 26.7 Å². The maximum atomic E-state index is 14.0. The summed E-state index contributed by atoms with van der Waals surface area (Å²) in [6.45, 7) is 3.18. The van der Waals surface area contributed by atoms with Crippen LogP contribution in [0.4, 0.5) is 9.18 Å². The molecule has 4 nitrogen and oxygen atoms in total. The maximum Gasteiger partial charge on any atom is 0.317 e. The van der Waals surface area contributed by atoms with Crippen LogP contribution < -0.4 is 5.32 Å². The molecule has 1 N–H and O–H groups in total. The van der Waals surface area contributed by atoms with Crippen LogP contribution in [-0.2, 0) is 6.54 Å². The van der Waals surface area contributed by atoms with Gasteiger partial charge >= 0.3 is 6.03 Å². The fourth-order valence-electron chi connectivity index (χ4n) is 3.60. The van der Waals surface area contributed by atoms with Crippen molar-refractivity contribution in [1.29, 1.82) is 0 Å². The van der Waals surface area contributed by atoms with Crippen LogP contribution in [0, 0.1) is 11.7 Å². The van der Waals surface area contributed by atoms with E-state index in [1.165, 1.54) is 25.5 Å². The molecule has 1 saturated heterocycles. The molecule has 1 atom stereocenters. The van der Waals surface area contributed by atoms with E-state index in [0.29, 0.717) is 23.0 Å². The third-order valence-corrected chi connectivity index (χ3v) is 5.54. The Kier molecular flexibility index (Phi) is 6.18. The smallest absolute Gasteiger partial charge is 0.317 e. The van der Waals surface area contributed by atoms with E-state index in [2.05, 4.69) is 17.3 Å². The van der Waals surface area contributed by atoms with E-state index in [0.717, 1.165) is 25.8 Å². The molecule has 2 fully saturated rings. The van der Waals surface area contributed by atoms with Crippen molar-refractivity contribution in [3.63, 3.8) is 0 Å². The highest BCUT2D eigenvalue weighted by Crippen LogP contribution is 2.30. The molecule has 1 aliphatic heterocycles. The summed E-state index contributed by atoms with van der Waals surface area (Å²) in [6.07, 6.45) is 5.42. The Hall–Kier alpha value is -1.33. The van der Waals surface area contributed by atoms with Gasteiger partial charge in [-0.1, -0.05) is 17.7 Å². The minimum absolute atomic E-state index is 0.106. The number of piperidine rings is 1. The van der Waals surface area contributed by atoms with Gasteiger partial charge in [0.25, 0.3) is 0 Å². The number of likely N-dealkylation sites (tertiary alicyclic amines) is 1. The molecule has 0 bridgehead atoms. The number of benzene rings is 1. The topological polar surface area (TPSA) is 35.6 Å². The number of carbonyl (C=O) groups excluding carboxylic acids is 1. The van der Waals surface area contributed by atoms with Crippen LogP contribution in [0.1, 0.15) is 37.7 Å². The van der Waals surface area contributed by atoms with Crippen LogP contribution in [0.3, 0.4) is 0 Å². The molecule has 0 aromatic heterocycles. The number of carbonyl (C=O) groups is 1. The van der Waals surface area contributed by atoms with Crippen molar-refractivity contribution in [1.82, 2.24) is 15.1 Å². The molecule has 1 aliphatic carbocycles. The molecule has 25 heavy (non-hydrogen) atoms. The molecule has 0 spiro atoms. The van der Waals surface area contributed by atoms with Crippen molar-refractivity contribution >= 4 is 17.6 Å². The van der Waals surface area contributed by atoms with Gasteiger partial charge in [-0.25, -0.2) is 9.18 Å². The summed E-state index contributed by atoms with van der Waals surface area (Å²) in [5.41, 5.74) is 0.403. The molecule has 6 heteroatoms. The Labute approximate surface area is 154 Å². The average molecular weight is 368 g/mol. The molecular weight excluding hydrogens is 341 g/mol. The van der Waals surface area contributed by atoms with E-state index >= 15 is 0 Å². The predicted molar refractivity (Wildman–Crippen MR) is 98.2 cm³/mol. The highest BCUT2D eigenvalue weighted by molar-refractivity contribution is 6.31. The van der Waals surface area contributed by atoms with Gasteiger partial charge in [-0.15, -0.1) is 0 Å². The van der Waals surface area contributed by atoms with E-state index in [4.69, 9.17) is 11.6 Å². The number of nitrogens with zero attached hydrogens (tertiary/aromatic N) is 2. The van der Waals surface area contributed by atoms with Gasteiger partial charge in [0.2, 0.25) is 0 Å². The lowest BCUT2D eigenvalue weighted by molar-refractivity contribution is 0.184. The van der Waals surface area contributed by atoms with Crippen molar-refractivity contribution in [3.05, 3.63) is 34.6 Å². The largest absolute Gasteiger partial charge is 0.338 e. The Balaban J connectivity index is 1.53. The van der Waals surface area contributed by atoms with Crippen LogP contribution in [0.5, 0.6) is 0 Å². The molecular formula is C19H27ClFN3O. The number of nitrogens with one attached hydrogen (secondary N) is 1. The first-order chi connectivity index (χ1) is 12.0. The van der Waals surface area contributed by atoms with Crippen molar-refractivity contribution in [2.24, 2.45) is 5.92 Å². The molecule has 3 rings (SSSR count). The SMILES string of the molecule is CN1CCC[C@@H](CCNC(=O)N(Cc2c(F)cccc2Cl)C2CC2)C1. The van der Waals surface area contributed by atoms with Crippen LogP contribution in [0.15, 0.2) is 18.2 Å². The van der Waals surface area contributed by atoms with Crippen LogP contribution >= 0.6 is 11.6 Å². The van der Waals surface area contributed by atoms with Gasteiger partial charge in [-0.3, -0.25) is 0 Å². The summed E-state index contributed by atoms with van der Waals surface area (Å²) in [5.74, 6) is 0.297. The standard InChI is InChI=1S/C19H27ClFN3O/c1-23-11-3-4-14(12-23)9-10-22-19(25)24(15-7-8-15)13-16-17(20)5-2-6-18(16)21/h2,5-6,14-15H,3-4,7-13H2,1H3,(H,22,25)/t14-/m0/s1. The van der Waals surface area contributed by atoms with Gasteiger partial charge in [-0.2, -0.15) is 0 Å². The second kappa shape index (κ2) is 8.37. The summed E-state index contributed by atoms with van der Waals surface area (Å²) < 4.78 is 14.0. The van der Waals surface area contributed by atoms with Crippen molar-refractivity contribution in [2.45, 2.75) is 44.7 Å². The fourth-order valence-corrected chi connectivity index (χ4v) is 3.82. The predicted octanol–water partition coefficient (Wildman–Crippen LogP) is 3.89. The lowest BCUT2D eigenvalue weighted by Gasteiger charge is -2.30. The third-order valence-electron chi connectivity index (χ3n) is 5.19. The van der Waals surface area contributed by atoms with E-state index in [1.807, 2.05) is 0 Å². The summed E-state index contributed by atoms with van der Waals surface area (Å²) in [5, 5.41) is 3.41. The summed E-state index contributed by atoms with van der Waals surface area (Å²) in [6, 6.07) is 4.75. The average Bonchev–Trinajstić information content (AvgIpc) is 3.39. The molecule has 1 heterocycles. The van der Waals surface area contributed by atoms with E-state index in [-0.39, 0.29) is 24.4 Å². The fraction of sp³-hybridized carbons (Fsp3) is 0.632. The minimum atomic E-state index is -0.351. The van der Waals surface area contributed by atoms with Gasteiger partial charge in [0.1, 0.15) is 5.82 Å². The lowest BCUT2D eigenvalue weighted by Crippen LogP contribution is -2.42. The molecule has 138 valence electrons. The number of amides is 2. The van der Waals surface area contributed by atoms with Gasteiger partial charge in [0.15, 0.2) is 0 Å². The normalized spacial score (nSPS) is 21.2. The van der Waals surface area contributed by atoms with Crippen molar-refractivity contribution < 1.29 is 9.18 Å².